The number of anilines is 3. The minimum atomic E-state index is -0.311. The molecule has 43 heavy (non-hydrogen) atoms. The summed E-state index contributed by atoms with van der Waals surface area (Å²) in [6.07, 6.45) is 6.25. The number of pyridine rings is 1. The summed E-state index contributed by atoms with van der Waals surface area (Å²) >= 11 is 6.53. The molecule has 12 heteroatoms. The Morgan fingerprint density at radius 2 is 1.95 bits per heavy atom. The van der Waals surface area contributed by atoms with E-state index in [-0.39, 0.29) is 5.91 Å². The van der Waals surface area contributed by atoms with Gasteiger partial charge in [-0.2, -0.15) is 0 Å². The largest absolute Gasteiger partial charge is 0.490 e. The molecule has 1 fully saturated rings. The highest BCUT2D eigenvalue weighted by Crippen LogP contribution is 2.35. The van der Waals surface area contributed by atoms with Gasteiger partial charge < -0.3 is 29.6 Å². The summed E-state index contributed by atoms with van der Waals surface area (Å²) < 4.78 is 22.4. The van der Waals surface area contributed by atoms with Gasteiger partial charge in [0.1, 0.15) is 36.9 Å². The predicted molar refractivity (Wildman–Crippen MR) is 165 cm³/mol. The molecule has 1 aliphatic rings. The molecule has 0 spiro atoms. The maximum absolute atomic E-state index is 12.7. The van der Waals surface area contributed by atoms with Crippen LogP contribution in [0.15, 0.2) is 73.2 Å². The van der Waals surface area contributed by atoms with E-state index in [1.165, 1.54) is 12.4 Å². The van der Waals surface area contributed by atoms with Crippen LogP contribution in [0.3, 0.4) is 0 Å². The third kappa shape index (κ3) is 8.62. The van der Waals surface area contributed by atoms with E-state index in [1.54, 1.807) is 43.6 Å². The highest BCUT2D eigenvalue weighted by molar-refractivity contribution is 6.32. The Labute approximate surface area is 254 Å². The van der Waals surface area contributed by atoms with Crippen molar-refractivity contribution in [2.45, 2.75) is 6.61 Å². The van der Waals surface area contributed by atoms with E-state index in [0.29, 0.717) is 77.7 Å². The Morgan fingerprint density at radius 1 is 1.07 bits per heavy atom. The van der Waals surface area contributed by atoms with E-state index in [0.717, 1.165) is 25.3 Å². The van der Waals surface area contributed by atoms with E-state index in [2.05, 4.69) is 30.5 Å². The Hall–Kier alpha value is -4.29. The number of nitrogens with one attached hydrogen (secondary N) is 2. The summed E-state index contributed by atoms with van der Waals surface area (Å²) in [6, 6.07) is 14.6. The molecule has 0 atom stereocenters. The minimum absolute atomic E-state index is 0.301. The van der Waals surface area contributed by atoms with Gasteiger partial charge in [0.25, 0.3) is 0 Å². The summed E-state index contributed by atoms with van der Waals surface area (Å²) in [4.78, 5) is 28.1. The van der Waals surface area contributed by atoms with Crippen molar-refractivity contribution in [1.82, 2.24) is 19.9 Å². The van der Waals surface area contributed by atoms with Crippen molar-refractivity contribution < 1.29 is 23.7 Å². The Morgan fingerprint density at radius 3 is 2.74 bits per heavy atom. The lowest BCUT2D eigenvalue weighted by atomic mass is 10.1. The average Bonchev–Trinajstić information content (AvgIpc) is 3.02. The van der Waals surface area contributed by atoms with Crippen molar-refractivity contribution in [3.63, 3.8) is 0 Å². The van der Waals surface area contributed by atoms with Crippen LogP contribution < -0.4 is 20.1 Å². The molecule has 0 unspecified atom stereocenters. The molecule has 4 aromatic rings. The van der Waals surface area contributed by atoms with E-state index in [4.69, 9.17) is 30.5 Å². The fourth-order valence-corrected chi connectivity index (χ4v) is 4.64. The first-order valence-corrected chi connectivity index (χ1v) is 14.2. The number of methoxy groups -OCH3 is 1. The second kappa shape index (κ2) is 15.3. The molecule has 0 saturated carbocycles. The molecule has 1 saturated heterocycles. The lowest BCUT2D eigenvalue weighted by Crippen LogP contribution is -2.38. The van der Waals surface area contributed by atoms with Gasteiger partial charge in [-0.15, -0.1) is 0 Å². The third-order valence-corrected chi connectivity index (χ3v) is 6.89. The van der Waals surface area contributed by atoms with Gasteiger partial charge in [0.15, 0.2) is 0 Å². The standard InChI is InChI=1S/C31H33ClN6O5/c1-40-13-4-6-30(39)37-27-18-24-26(19-29(27)42-16-12-38-10-14-41-15-11-38)34-21-35-31(24)36-22-7-8-28(25(32)17-22)43-20-23-5-2-3-9-33-23/h2-9,17-19,21H,10-16,20H2,1H3,(H,37,39)(H,34,35,36)/b6-4+. The zero-order valence-corrected chi connectivity index (χ0v) is 24.5. The summed E-state index contributed by atoms with van der Waals surface area (Å²) in [7, 11) is 1.57. The number of ether oxygens (including phenoxy) is 4. The monoisotopic (exact) mass is 604 g/mol. The highest BCUT2D eigenvalue weighted by Gasteiger charge is 2.15. The van der Waals surface area contributed by atoms with Gasteiger partial charge in [0.05, 0.1) is 41.7 Å². The maximum atomic E-state index is 12.7. The topological polar surface area (TPSA) is 120 Å². The Bertz CT molecular complexity index is 1550. The molecular formula is C31H33ClN6O5. The molecule has 224 valence electrons. The molecule has 5 rings (SSSR count). The number of nitrogens with zero attached hydrogens (tertiary/aromatic N) is 4. The molecule has 3 heterocycles. The molecule has 11 nitrogen and oxygen atoms in total. The van der Waals surface area contributed by atoms with Gasteiger partial charge in [0.2, 0.25) is 5.91 Å². The average molecular weight is 605 g/mol. The van der Waals surface area contributed by atoms with Crippen molar-refractivity contribution in [3.05, 3.63) is 83.9 Å². The molecule has 2 N–H and O–H groups in total. The summed E-state index contributed by atoms with van der Waals surface area (Å²) in [6.45, 7) is 4.95. The van der Waals surface area contributed by atoms with E-state index in [1.807, 2.05) is 24.3 Å². The van der Waals surface area contributed by atoms with Gasteiger partial charge in [-0.3, -0.25) is 14.7 Å². The van der Waals surface area contributed by atoms with Crippen molar-refractivity contribution in [2.24, 2.45) is 0 Å². The zero-order valence-electron chi connectivity index (χ0n) is 23.8. The van der Waals surface area contributed by atoms with E-state index in [9.17, 15) is 4.79 Å². The zero-order chi connectivity index (χ0) is 29.9. The van der Waals surface area contributed by atoms with Crippen LogP contribution in [0.2, 0.25) is 5.02 Å². The Kier molecular flexibility index (Phi) is 10.7. The maximum Gasteiger partial charge on any atom is 0.248 e. The molecular weight excluding hydrogens is 572 g/mol. The number of carbonyl (C=O) groups is 1. The summed E-state index contributed by atoms with van der Waals surface area (Å²) in [5.41, 5.74) is 2.65. The first-order chi connectivity index (χ1) is 21.1. The summed E-state index contributed by atoms with van der Waals surface area (Å²) in [5, 5.41) is 7.35. The molecule has 0 aliphatic carbocycles. The number of hydrogen-bond donors (Lipinski definition) is 2. The number of carbonyl (C=O) groups excluding carboxylic acids is 1. The van der Waals surface area contributed by atoms with Crippen LogP contribution in [0.25, 0.3) is 10.9 Å². The van der Waals surface area contributed by atoms with Crippen LogP contribution in [0.1, 0.15) is 5.69 Å². The third-order valence-electron chi connectivity index (χ3n) is 6.59. The smallest absolute Gasteiger partial charge is 0.248 e. The fourth-order valence-electron chi connectivity index (χ4n) is 4.40. The second-order valence-electron chi connectivity index (χ2n) is 9.62. The van der Waals surface area contributed by atoms with Gasteiger partial charge >= 0.3 is 0 Å². The van der Waals surface area contributed by atoms with E-state index >= 15 is 0 Å². The molecule has 0 bridgehead atoms. The molecule has 2 aromatic carbocycles. The lowest BCUT2D eigenvalue weighted by molar-refractivity contribution is -0.112. The van der Waals surface area contributed by atoms with Crippen LogP contribution in [0.5, 0.6) is 11.5 Å². The van der Waals surface area contributed by atoms with Gasteiger partial charge in [-0.25, -0.2) is 9.97 Å². The minimum Gasteiger partial charge on any atom is -0.490 e. The number of morpholine rings is 1. The van der Waals surface area contributed by atoms with Gasteiger partial charge in [-0.05, 0) is 36.4 Å². The van der Waals surface area contributed by atoms with E-state index < -0.39 is 0 Å². The number of fused-ring (bicyclic) bond motifs is 1. The first-order valence-electron chi connectivity index (χ1n) is 13.9. The van der Waals surface area contributed by atoms with Crippen molar-refractivity contribution in [3.8, 4) is 11.5 Å². The van der Waals surface area contributed by atoms with Crippen LogP contribution >= 0.6 is 11.6 Å². The van der Waals surface area contributed by atoms with Gasteiger partial charge in [0, 0.05) is 56.2 Å². The molecule has 0 radical (unpaired) electrons. The molecule has 1 amide bonds. The van der Waals surface area contributed by atoms with Crippen LogP contribution in [-0.2, 0) is 20.9 Å². The fraction of sp³-hybridized carbons (Fsp3) is 0.290. The van der Waals surface area contributed by atoms with Crippen LogP contribution in [-0.4, -0.2) is 78.9 Å². The second-order valence-corrected chi connectivity index (χ2v) is 10.0. The quantitative estimate of drug-likeness (QED) is 0.205. The SMILES string of the molecule is COC/C=C/C(=O)Nc1cc2c(Nc3ccc(OCc4ccccn4)c(Cl)c3)ncnc2cc1OCCN1CCOCC1. The van der Waals surface area contributed by atoms with Crippen LogP contribution in [0, 0.1) is 0 Å². The number of aromatic nitrogens is 3. The number of rotatable bonds is 13. The number of benzene rings is 2. The van der Waals surface area contributed by atoms with Crippen molar-refractivity contribution in [1.29, 1.82) is 0 Å². The predicted octanol–water partition coefficient (Wildman–Crippen LogP) is 4.85. The van der Waals surface area contributed by atoms with Gasteiger partial charge in [-0.1, -0.05) is 23.7 Å². The molecule has 2 aromatic heterocycles. The number of halogens is 1. The van der Waals surface area contributed by atoms with Crippen molar-refractivity contribution in [2.75, 3.05) is 63.8 Å². The first kappa shape index (κ1) is 30.2. The normalized spacial score (nSPS) is 13.7. The number of hydrogen-bond acceptors (Lipinski definition) is 10. The Balaban J connectivity index is 1.35. The van der Waals surface area contributed by atoms with Crippen molar-refractivity contribution >= 4 is 45.6 Å². The summed E-state index contributed by atoms with van der Waals surface area (Å²) in [5.74, 6) is 1.27. The number of amides is 1. The lowest BCUT2D eigenvalue weighted by Gasteiger charge is -2.26. The highest BCUT2D eigenvalue weighted by atomic mass is 35.5. The van der Waals surface area contributed by atoms with Crippen LogP contribution in [0.4, 0.5) is 17.2 Å². The molecule has 1 aliphatic heterocycles.